The van der Waals surface area contributed by atoms with Gasteiger partial charge in [-0.3, -0.25) is 4.79 Å². The number of hydrogen-bond acceptors (Lipinski definition) is 4. The molecule has 3 rings (SSSR count). The molecule has 2 aromatic carbocycles. The number of carboxylic acids is 1. The van der Waals surface area contributed by atoms with Gasteiger partial charge in [-0.2, -0.15) is 10.4 Å². The first kappa shape index (κ1) is 17.2. The lowest BCUT2D eigenvalue weighted by atomic mass is 10.1. The zero-order valence-electron chi connectivity index (χ0n) is 14.2. The first-order chi connectivity index (χ1) is 12.6. The minimum atomic E-state index is -0.875. The van der Waals surface area contributed by atoms with Crippen LogP contribution in [-0.4, -0.2) is 20.9 Å². The first-order valence-corrected chi connectivity index (χ1v) is 8.06. The molecule has 0 radical (unpaired) electrons. The van der Waals surface area contributed by atoms with Gasteiger partial charge in [-0.25, -0.2) is 4.68 Å². The summed E-state index contributed by atoms with van der Waals surface area (Å²) in [5.41, 5.74) is 3.37. The van der Waals surface area contributed by atoms with Gasteiger partial charge in [-0.05, 0) is 36.8 Å². The van der Waals surface area contributed by atoms with Gasteiger partial charge in [0.05, 0.1) is 23.5 Å². The number of ether oxygens (including phenoxy) is 1. The van der Waals surface area contributed by atoms with Crippen molar-refractivity contribution in [3.63, 3.8) is 0 Å². The van der Waals surface area contributed by atoms with E-state index < -0.39 is 5.97 Å². The Kier molecular flexibility index (Phi) is 4.99. The molecule has 0 fully saturated rings. The van der Waals surface area contributed by atoms with Gasteiger partial charge in [-0.15, -0.1) is 0 Å². The summed E-state index contributed by atoms with van der Waals surface area (Å²) >= 11 is 0. The van der Waals surface area contributed by atoms with E-state index in [1.165, 1.54) is 0 Å². The molecule has 0 atom stereocenters. The number of aliphatic carboxylic acids is 1. The minimum absolute atomic E-state index is 0.0289. The van der Waals surface area contributed by atoms with Crippen LogP contribution in [-0.2, 0) is 17.8 Å². The third kappa shape index (κ3) is 3.73. The number of carbonyl (C=O) groups is 1. The Bertz CT molecular complexity index is 954. The number of para-hydroxylation sites is 1. The topological polar surface area (TPSA) is 88.1 Å². The van der Waals surface area contributed by atoms with E-state index in [4.69, 9.17) is 9.84 Å². The van der Waals surface area contributed by atoms with E-state index >= 15 is 0 Å². The van der Waals surface area contributed by atoms with E-state index in [1.54, 1.807) is 35.9 Å². The van der Waals surface area contributed by atoms with Crippen molar-refractivity contribution in [1.29, 1.82) is 5.26 Å². The van der Waals surface area contributed by atoms with Gasteiger partial charge in [0.15, 0.2) is 0 Å². The zero-order valence-corrected chi connectivity index (χ0v) is 14.2. The minimum Gasteiger partial charge on any atom is -0.487 e. The van der Waals surface area contributed by atoms with Crippen molar-refractivity contribution in [1.82, 2.24) is 9.78 Å². The van der Waals surface area contributed by atoms with Crippen LogP contribution in [0.15, 0.2) is 54.6 Å². The highest BCUT2D eigenvalue weighted by molar-refractivity contribution is 5.70. The Hall–Kier alpha value is -3.59. The van der Waals surface area contributed by atoms with E-state index in [0.717, 1.165) is 5.69 Å². The Labute approximate surface area is 150 Å². The van der Waals surface area contributed by atoms with Crippen LogP contribution >= 0.6 is 0 Å². The van der Waals surface area contributed by atoms with Crippen LogP contribution in [0.1, 0.15) is 22.5 Å². The van der Waals surface area contributed by atoms with E-state index in [-0.39, 0.29) is 13.0 Å². The number of aryl methyl sites for hydroxylation is 1. The van der Waals surface area contributed by atoms with Gasteiger partial charge in [0.2, 0.25) is 0 Å². The SMILES string of the molecule is Cc1nn(-c2ccccc2)c(COc2ccc(CC(=O)O)cc2)c1C#N. The summed E-state index contributed by atoms with van der Waals surface area (Å²) in [5, 5.41) is 22.7. The van der Waals surface area contributed by atoms with Crippen LogP contribution in [0.3, 0.4) is 0 Å². The number of aromatic nitrogens is 2. The number of hydrogen-bond donors (Lipinski definition) is 1. The molecule has 6 heteroatoms. The fourth-order valence-electron chi connectivity index (χ4n) is 2.67. The molecule has 0 aliphatic carbocycles. The second kappa shape index (κ2) is 7.53. The van der Waals surface area contributed by atoms with Crippen LogP contribution in [0.5, 0.6) is 5.75 Å². The predicted molar refractivity (Wildman–Crippen MR) is 95.1 cm³/mol. The normalized spacial score (nSPS) is 10.3. The van der Waals surface area contributed by atoms with Crippen molar-refractivity contribution in [3.05, 3.63) is 77.1 Å². The van der Waals surface area contributed by atoms with Crippen molar-refractivity contribution in [3.8, 4) is 17.5 Å². The molecule has 0 aliphatic rings. The molecule has 26 heavy (non-hydrogen) atoms. The summed E-state index contributed by atoms with van der Waals surface area (Å²) in [5.74, 6) is -0.277. The lowest BCUT2D eigenvalue weighted by Crippen LogP contribution is -2.07. The monoisotopic (exact) mass is 347 g/mol. The third-order valence-electron chi connectivity index (χ3n) is 3.92. The smallest absolute Gasteiger partial charge is 0.307 e. The van der Waals surface area contributed by atoms with Gasteiger partial charge in [0.1, 0.15) is 24.0 Å². The molecule has 1 aromatic heterocycles. The van der Waals surface area contributed by atoms with E-state index in [1.807, 2.05) is 30.3 Å². The van der Waals surface area contributed by atoms with Crippen LogP contribution in [0.4, 0.5) is 0 Å². The van der Waals surface area contributed by atoms with Crippen molar-refractivity contribution in [2.75, 3.05) is 0 Å². The van der Waals surface area contributed by atoms with E-state index in [2.05, 4.69) is 11.2 Å². The van der Waals surface area contributed by atoms with E-state index in [9.17, 15) is 10.1 Å². The summed E-state index contributed by atoms with van der Waals surface area (Å²) in [4.78, 5) is 10.7. The highest BCUT2D eigenvalue weighted by Gasteiger charge is 2.17. The average Bonchev–Trinajstić information content (AvgIpc) is 2.97. The highest BCUT2D eigenvalue weighted by Crippen LogP contribution is 2.21. The standard InChI is InChI=1S/C20H17N3O3/c1-14-18(12-21)19(23(22-14)16-5-3-2-4-6-16)13-26-17-9-7-15(8-10-17)11-20(24)25/h2-10H,11,13H2,1H3,(H,24,25). The van der Waals surface area contributed by atoms with Crippen LogP contribution in [0.2, 0.25) is 0 Å². The Balaban J connectivity index is 1.83. The Morgan fingerprint density at radius 2 is 1.88 bits per heavy atom. The average molecular weight is 347 g/mol. The van der Waals surface area contributed by atoms with Gasteiger partial charge in [-0.1, -0.05) is 30.3 Å². The van der Waals surface area contributed by atoms with Crippen LogP contribution in [0.25, 0.3) is 5.69 Å². The molecule has 0 saturated heterocycles. The number of benzene rings is 2. The highest BCUT2D eigenvalue weighted by atomic mass is 16.5. The molecule has 0 aliphatic heterocycles. The second-order valence-corrected chi connectivity index (χ2v) is 5.77. The van der Waals surface area contributed by atoms with E-state index in [0.29, 0.717) is 28.3 Å². The Morgan fingerprint density at radius 1 is 1.19 bits per heavy atom. The molecule has 0 spiro atoms. The van der Waals surface area contributed by atoms with Crippen LogP contribution in [0, 0.1) is 18.3 Å². The third-order valence-corrected chi connectivity index (χ3v) is 3.92. The maximum absolute atomic E-state index is 10.7. The molecule has 6 nitrogen and oxygen atoms in total. The number of nitrogens with zero attached hydrogens (tertiary/aromatic N) is 3. The van der Waals surface area contributed by atoms with Crippen molar-refractivity contribution >= 4 is 5.97 Å². The summed E-state index contributed by atoms with van der Waals surface area (Å²) in [6.45, 7) is 1.97. The maximum atomic E-state index is 10.7. The lowest BCUT2D eigenvalue weighted by molar-refractivity contribution is -0.136. The predicted octanol–water partition coefficient (Wildman–Crippen LogP) is 3.26. The number of nitriles is 1. The van der Waals surface area contributed by atoms with Crippen molar-refractivity contribution < 1.29 is 14.6 Å². The first-order valence-electron chi connectivity index (χ1n) is 8.06. The molecule has 3 aromatic rings. The summed E-state index contributed by atoms with van der Waals surface area (Å²) in [6, 6.07) is 18.6. The fraction of sp³-hybridized carbons (Fsp3) is 0.150. The number of rotatable bonds is 6. The molecule has 130 valence electrons. The molecule has 0 bridgehead atoms. The molecule has 0 saturated carbocycles. The van der Waals surface area contributed by atoms with Gasteiger partial charge in [0.25, 0.3) is 0 Å². The summed E-state index contributed by atoms with van der Waals surface area (Å²) in [6.07, 6.45) is -0.0289. The summed E-state index contributed by atoms with van der Waals surface area (Å²) in [7, 11) is 0. The second-order valence-electron chi connectivity index (χ2n) is 5.77. The van der Waals surface area contributed by atoms with Gasteiger partial charge in [0, 0.05) is 0 Å². The number of carboxylic acid groups (broad SMARTS) is 1. The zero-order chi connectivity index (χ0) is 18.5. The van der Waals surface area contributed by atoms with Crippen molar-refractivity contribution in [2.45, 2.75) is 20.0 Å². The van der Waals surface area contributed by atoms with Crippen LogP contribution < -0.4 is 4.74 Å². The van der Waals surface area contributed by atoms with Gasteiger partial charge >= 0.3 is 5.97 Å². The largest absolute Gasteiger partial charge is 0.487 e. The molecule has 1 heterocycles. The molecular weight excluding hydrogens is 330 g/mol. The van der Waals surface area contributed by atoms with Crippen molar-refractivity contribution in [2.24, 2.45) is 0 Å². The molecule has 0 amide bonds. The molecule has 1 N–H and O–H groups in total. The summed E-state index contributed by atoms with van der Waals surface area (Å²) < 4.78 is 7.53. The maximum Gasteiger partial charge on any atom is 0.307 e. The van der Waals surface area contributed by atoms with Gasteiger partial charge < -0.3 is 9.84 Å². The molecule has 0 unspecified atom stereocenters. The molecular formula is C20H17N3O3. The quantitative estimate of drug-likeness (QED) is 0.739. The Morgan fingerprint density at radius 3 is 2.50 bits per heavy atom. The lowest BCUT2D eigenvalue weighted by Gasteiger charge is -2.10. The fourth-order valence-corrected chi connectivity index (χ4v) is 2.67.